The van der Waals surface area contributed by atoms with Crippen LogP contribution in [0.2, 0.25) is 0 Å². The Labute approximate surface area is 279 Å². The molecule has 3 heterocycles. The summed E-state index contributed by atoms with van der Waals surface area (Å²) in [6.45, 7) is 5.15. The molecule has 2 aliphatic carbocycles. The molecule has 0 spiro atoms. The van der Waals surface area contributed by atoms with Gasteiger partial charge in [-0.05, 0) is 67.3 Å². The number of rotatable bonds is 8. The Kier molecular flexibility index (Phi) is 7.92. The summed E-state index contributed by atoms with van der Waals surface area (Å²) in [5.74, 6) is -3.61. The summed E-state index contributed by atoms with van der Waals surface area (Å²) in [5.41, 5.74) is 2.60. The third-order valence-corrected chi connectivity index (χ3v) is 9.70. The van der Waals surface area contributed by atoms with Crippen LogP contribution >= 0.6 is 0 Å². The number of carbonyl (C=O) groups excluding carboxylic acids is 3. The Balaban J connectivity index is 1.40. The SMILES string of the molecule is CC(C)(C)C(=O)OCCN1C(=O)[C@@H]2[C@@H]3C(C(O)(c4ccccc4)c4ccccn4)=C[C@@H](C3=C(c3ccccc3)c3ccccn3)[C@@H]2C1=O. The quantitative estimate of drug-likeness (QED) is 0.152. The highest BCUT2D eigenvalue weighted by Gasteiger charge is 2.66. The number of pyridine rings is 2. The molecule has 2 aromatic heterocycles. The van der Waals surface area contributed by atoms with Gasteiger partial charge in [0.2, 0.25) is 11.8 Å². The van der Waals surface area contributed by atoms with E-state index in [-0.39, 0.29) is 25.0 Å². The number of imide groups is 1. The topological polar surface area (TPSA) is 110 Å². The Morgan fingerprint density at radius 3 is 2.06 bits per heavy atom. The van der Waals surface area contributed by atoms with E-state index >= 15 is 0 Å². The highest BCUT2D eigenvalue weighted by molar-refractivity contribution is 6.08. The first kappa shape index (κ1) is 31.4. The molecule has 5 atom stereocenters. The average Bonchev–Trinajstić information content (AvgIpc) is 3.72. The van der Waals surface area contributed by atoms with E-state index in [2.05, 4.69) is 4.98 Å². The number of likely N-dealkylation sites (tertiary alicyclic amines) is 1. The molecule has 7 rings (SSSR count). The zero-order chi connectivity index (χ0) is 33.6. The van der Waals surface area contributed by atoms with Crippen LogP contribution in [-0.4, -0.2) is 50.9 Å². The van der Waals surface area contributed by atoms with E-state index in [9.17, 15) is 19.5 Å². The number of allylic oxidation sites excluding steroid dienone is 2. The van der Waals surface area contributed by atoms with Crippen molar-refractivity contribution in [3.8, 4) is 0 Å². The summed E-state index contributed by atoms with van der Waals surface area (Å²) in [5, 5.41) is 13.0. The molecule has 8 nitrogen and oxygen atoms in total. The van der Waals surface area contributed by atoms with E-state index in [0.717, 1.165) is 22.4 Å². The van der Waals surface area contributed by atoms with Crippen LogP contribution in [0, 0.1) is 29.1 Å². The van der Waals surface area contributed by atoms with Gasteiger partial charge in [-0.2, -0.15) is 0 Å². The van der Waals surface area contributed by atoms with Gasteiger partial charge in [-0.15, -0.1) is 0 Å². The van der Waals surface area contributed by atoms with Crippen molar-refractivity contribution >= 4 is 23.4 Å². The molecule has 0 radical (unpaired) electrons. The monoisotopic (exact) mass is 639 g/mol. The van der Waals surface area contributed by atoms with Gasteiger partial charge in [0.25, 0.3) is 0 Å². The van der Waals surface area contributed by atoms with Gasteiger partial charge in [0.15, 0.2) is 5.60 Å². The van der Waals surface area contributed by atoms with Crippen molar-refractivity contribution in [2.75, 3.05) is 13.2 Å². The van der Waals surface area contributed by atoms with Crippen molar-refractivity contribution in [1.82, 2.24) is 14.9 Å². The minimum atomic E-state index is -1.69. The van der Waals surface area contributed by atoms with E-state index in [4.69, 9.17) is 9.72 Å². The van der Waals surface area contributed by atoms with Gasteiger partial charge in [-0.25, -0.2) is 0 Å². The van der Waals surface area contributed by atoms with Gasteiger partial charge in [0.1, 0.15) is 6.61 Å². The van der Waals surface area contributed by atoms with Crippen molar-refractivity contribution in [3.05, 3.63) is 149 Å². The summed E-state index contributed by atoms with van der Waals surface area (Å²) in [4.78, 5) is 51.7. The molecule has 242 valence electrons. The van der Waals surface area contributed by atoms with E-state index in [1.54, 1.807) is 45.3 Å². The predicted octanol–water partition coefficient (Wildman–Crippen LogP) is 5.59. The molecule has 1 aliphatic heterocycles. The minimum absolute atomic E-state index is 0.0325. The standard InChI is InChI=1S/C40H37N3O5/c1-39(2,3)38(46)48-23-22-43-36(44)33-27-24-28(40(47,26-16-8-5-9-17-26)30-19-11-13-21-42-30)34(35(33)37(43)45)32(27)31(25-14-6-4-7-15-25)29-18-10-12-20-41-29/h4-21,24,27,33-35,47H,22-23H2,1-3H3/t27-,33-,34+,35-,40?/m0/s1. The molecule has 48 heavy (non-hydrogen) atoms. The van der Waals surface area contributed by atoms with Gasteiger partial charge in [0, 0.05) is 29.8 Å². The number of aliphatic hydroxyl groups is 1. The molecule has 1 N–H and O–H groups in total. The Bertz CT molecular complexity index is 1840. The summed E-state index contributed by atoms with van der Waals surface area (Å²) >= 11 is 0. The highest BCUT2D eigenvalue weighted by Crippen LogP contribution is 2.64. The van der Waals surface area contributed by atoms with Gasteiger partial charge in [0.05, 0.1) is 35.2 Å². The number of hydrogen-bond acceptors (Lipinski definition) is 7. The maximum atomic E-state index is 14.4. The number of aromatic nitrogens is 2. The number of hydrogen-bond donors (Lipinski definition) is 1. The molecular formula is C40H37N3O5. The van der Waals surface area contributed by atoms with Gasteiger partial charge in [-0.3, -0.25) is 29.3 Å². The lowest BCUT2D eigenvalue weighted by Gasteiger charge is -2.36. The highest BCUT2D eigenvalue weighted by atomic mass is 16.5. The van der Waals surface area contributed by atoms with E-state index in [1.165, 1.54) is 4.90 Å². The van der Waals surface area contributed by atoms with Gasteiger partial charge >= 0.3 is 5.97 Å². The number of ether oxygens (including phenoxy) is 1. The summed E-state index contributed by atoms with van der Waals surface area (Å²) in [7, 11) is 0. The lowest BCUT2D eigenvalue weighted by atomic mass is 9.71. The smallest absolute Gasteiger partial charge is 0.311 e. The third-order valence-electron chi connectivity index (χ3n) is 9.70. The summed E-state index contributed by atoms with van der Waals surface area (Å²) in [6, 6.07) is 30.3. The van der Waals surface area contributed by atoms with Crippen molar-refractivity contribution in [2.45, 2.75) is 26.4 Å². The number of benzene rings is 2. The fraction of sp³-hybridized carbons (Fsp3) is 0.275. The fourth-order valence-corrected chi connectivity index (χ4v) is 7.58. The van der Waals surface area contributed by atoms with Gasteiger partial charge in [-0.1, -0.05) is 78.9 Å². The number of amides is 2. The minimum Gasteiger partial charge on any atom is -0.463 e. The molecule has 3 aliphatic rings. The van der Waals surface area contributed by atoms with Crippen LogP contribution in [0.1, 0.15) is 43.3 Å². The van der Waals surface area contributed by atoms with Crippen molar-refractivity contribution < 1.29 is 24.2 Å². The van der Waals surface area contributed by atoms with Crippen LogP contribution < -0.4 is 0 Å². The first-order chi connectivity index (χ1) is 23.1. The molecule has 8 heteroatoms. The average molecular weight is 640 g/mol. The molecule has 1 saturated heterocycles. The fourth-order valence-electron chi connectivity index (χ4n) is 7.58. The number of nitrogens with zero attached hydrogens (tertiary/aromatic N) is 3. The zero-order valence-electron chi connectivity index (χ0n) is 27.1. The first-order valence-corrected chi connectivity index (χ1v) is 16.3. The lowest BCUT2D eigenvalue weighted by Crippen LogP contribution is -2.39. The zero-order valence-corrected chi connectivity index (χ0v) is 27.1. The molecule has 2 amide bonds. The number of fused-ring (bicyclic) bond motifs is 5. The molecule has 1 unspecified atom stereocenters. The maximum Gasteiger partial charge on any atom is 0.311 e. The summed E-state index contributed by atoms with van der Waals surface area (Å²) < 4.78 is 5.46. The predicted molar refractivity (Wildman–Crippen MR) is 180 cm³/mol. The Hall–Kier alpha value is -5.21. The third kappa shape index (κ3) is 5.08. The Morgan fingerprint density at radius 2 is 1.44 bits per heavy atom. The van der Waals surface area contributed by atoms with E-state index < -0.39 is 40.7 Å². The molecule has 1 saturated carbocycles. The van der Waals surface area contributed by atoms with Crippen LogP contribution in [0.5, 0.6) is 0 Å². The van der Waals surface area contributed by atoms with Crippen LogP contribution in [-0.2, 0) is 24.7 Å². The molecule has 4 aromatic rings. The first-order valence-electron chi connectivity index (χ1n) is 16.3. The van der Waals surface area contributed by atoms with Crippen molar-refractivity contribution in [2.24, 2.45) is 29.1 Å². The Morgan fingerprint density at radius 1 is 0.812 bits per heavy atom. The largest absolute Gasteiger partial charge is 0.463 e. The number of esters is 1. The van der Waals surface area contributed by atoms with Crippen LogP contribution in [0.25, 0.3) is 5.57 Å². The lowest BCUT2D eigenvalue weighted by molar-refractivity contribution is -0.155. The van der Waals surface area contributed by atoms with Crippen LogP contribution in [0.15, 0.2) is 127 Å². The molecule has 2 bridgehead atoms. The normalized spacial score (nSPS) is 23.8. The maximum absolute atomic E-state index is 14.4. The molecule has 2 fully saturated rings. The van der Waals surface area contributed by atoms with Crippen LogP contribution in [0.4, 0.5) is 0 Å². The van der Waals surface area contributed by atoms with Crippen LogP contribution in [0.3, 0.4) is 0 Å². The second-order valence-electron chi connectivity index (χ2n) is 13.6. The van der Waals surface area contributed by atoms with Crippen molar-refractivity contribution in [1.29, 1.82) is 0 Å². The number of carbonyl (C=O) groups is 3. The van der Waals surface area contributed by atoms with E-state index in [1.807, 2.05) is 91.0 Å². The van der Waals surface area contributed by atoms with Gasteiger partial charge < -0.3 is 9.84 Å². The molecule has 2 aromatic carbocycles. The summed E-state index contributed by atoms with van der Waals surface area (Å²) in [6.07, 6.45) is 5.36. The second kappa shape index (κ2) is 12.1. The molecular weight excluding hydrogens is 602 g/mol. The second-order valence-corrected chi connectivity index (χ2v) is 13.6. The van der Waals surface area contributed by atoms with E-state index in [0.29, 0.717) is 16.8 Å². The van der Waals surface area contributed by atoms with Crippen molar-refractivity contribution in [3.63, 3.8) is 0 Å².